The van der Waals surface area contributed by atoms with Crippen LogP contribution in [0.5, 0.6) is 5.75 Å². The molecule has 5 rings (SSSR count). The Labute approximate surface area is 210 Å². The van der Waals surface area contributed by atoms with Crippen molar-refractivity contribution in [3.63, 3.8) is 0 Å². The molecule has 1 saturated heterocycles. The Kier molecular flexibility index (Phi) is 6.78. The SMILES string of the molecule is C=C1CCC2[C@]3(C)COC(C4CCCC4)O[C@@H]3CC[C@@]2(C)[C@@H]1CCOc1cc(C)ccc1C(=O)O. The number of ether oxygens (including phenoxy) is 3. The topological polar surface area (TPSA) is 65.0 Å². The number of rotatable bonds is 6. The molecule has 0 aromatic heterocycles. The number of aryl methyl sites for hydroxylation is 1. The lowest BCUT2D eigenvalue weighted by atomic mass is 9.46. The van der Waals surface area contributed by atoms with Crippen molar-refractivity contribution in [1.82, 2.24) is 0 Å². The number of carbonyl (C=O) groups is 1. The highest BCUT2D eigenvalue weighted by molar-refractivity contribution is 5.90. The van der Waals surface area contributed by atoms with E-state index in [-0.39, 0.29) is 28.8 Å². The second-order valence-corrected chi connectivity index (χ2v) is 12.1. The normalized spacial score (nSPS) is 37.5. The van der Waals surface area contributed by atoms with Crippen LogP contribution in [0.4, 0.5) is 0 Å². The molecule has 3 aliphatic carbocycles. The van der Waals surface area contributed by atoms with E-state index in [2.05, 4.69) is 20.4 Å². The first kappa shape index (κ1) is 24.8. The molecule has 2 unspecified atom stereocenters. The predicted molar refractivity (Wildman–Crippen MR) is 136 cm³/mol. The molecule has 0 bridgehead atoms. The van der Waals surface area contributed by atoms with Crippen molar-refractivity contribution in [2.75, 3.05) is 13.2 Å². The van der Waals surface area contributed by atoms with Gasteiger partial charge in [-0.3, -0.25) is 0 Å². The summed E-state index contributed by atoms with van der Waals surface area (Å²) in [6.07, 6.45) is 10.6. The maximum absolute atomic E-state index is 11.6. The van der Waals surface area contributed by atoms with E-state index in [1.165, 1.54) is 31.3 Å². The van der Waals surface area contributed by atoms with Crippen LogP contribution in [0.3, 0.4) is 0 Å². The van der Waals surface area contributed by atoms with Gasteiger partial charge in [0, 0.05) is 11.3 Å². The van der Waals surface area contributed by atoms with Crippen molar-refractivity contribution < 1.29 is 24.1 Å². The average molecular weight is 483 g/mol. The van der Waals surface area contributed by atoms with Gasteiger partial charge in [-0.25, -0.2) is 4.79 Å². The van der Waals surface area contributed by atoms with Crippen LogP contribution < -0.4 is 4.74 Å². The van der Waals surface area contributed by atoms with Crippen LogP contribution in [0.2, 0.25) is 0 Å². The molecule has 192 valence electrons. The first-order valence-electron chi connectivity index (χ1n) is 13.6. The molecule has 0 radical (unpaired) electrons. The van der Waals surface area contributed by atoms with Crippen LogP contribution in [-0.4, -0.2) is 36.7 Å². The van der Waals surface area contributed by atoms with Gasteiger partial charge in [0.25, 0.3) is 0 Å². The van der Waals surface area contributed by atoms with Gasteiger partial charge in [0.15, 0.2) is 6.29 Å². The zero-order chi connectivity index (χ0) is 24.8. The quantitative estimate of drug-likeness (QED) is 0.453. The molecule has 1 aliphatic heterocycles. The van der Waals surface area contributed by atoms with Gasteiger partial charge in [0.1, 0.15) is 11.3 Å². The molecular formula is C30H42O5. The predicted octanol–water partition coefficient (Wildman–Crippen LogP) is 6.78. The summed E-state index contributed by atoms with van der Waals surface area (Å²) in [6, 6.07) is 5.27. The Morgan fingerprint density at radius 3 is 2.69 bits per heavy atom. The van der Waals surface area contributed by atoms with Crippen LogP contribution in [0, 0.1) is 35.5 Å². The number of hydrogen-bond acceptors (Lipinski definition) is 4. The summed E-state index contributed by atoms with van der Waals surface area (Å²) >= 11 is 0. The fraction of sp³-hybridized carbons (Fsp3) is 0.700. The zero-order valence-electron chi connectivity index (χ0n) is 21.7. The molecule has 1 N–H and O–H groups in total. The van der Waals surface area contributed by atoms with Crippen molar-refractivity contribution in [2.45, 2.75) is 91.0 Å². The molecule has 1 aromatic carbocycles. The average Bonchev–Trinajstić information content (AvgIpc) is 3.35. The third-order valence-electron chi connectivity index (χ3n) is 9.99. The highest BCUT2D eigenvalue weighted by Gasteiger charge is 2.60. The largest absolute Gasteiger partial charge is 0.493 e. The lowest BCUT2D eigenvalue weighted by molar-refractivity contribution is -0.316. The summed E-state index contributed by atoms with van der Waals surface area (Å²) in [5.74, 6) is 0.949. The van der Waals surface area contributed by atoms with E-state index >= 15 is 0 Å². The fourth-order valence-electron chi connectivity index (χ4n) is 8.07. The van der Waals surface area contributed by atoms with Gasteiger partial charge in [-0.1, -0.05) is 44.9 Å². The summed E-state index contributed by atoms with van der Waals surface area (Å²) in [7, 11) is 0. The molecule has 1 aromatic rings. The first-order valence-corrected chi connectivity index (χ1v) is 13.6. The molecule has 5 heteroatoms. The molecule has 3 saturated carbocycles. The van der Waals surface area contributed by atoms with Crippen molar-refractivity contribution in [1.29, 1.82) is 0 Å². The maximum atomic E-state index is 11.6. The molecule has 4 aliphatic rings. The Bertz CT molecular complexity index is 965. The van der Waals surface area contributed by atoms with Crippen LogP contribution in [0.25, 0.3) is 0 Å². The van der Waals surface area contributed by atoms with E-state index in [0.29, 0.717) is 30.1 Å². The first-order chi connectivity index (χ1) is 16.7. The van der Waals surface area contributed by atoms with Crippen LogP contribution in [0.1, 0.15) is 87.6 Å². The third kappa shape index (κ3) is 4.44. The molecular weight excluding hydrogens is 440 g/mol. The van der Waals surface area contributed by atoms with Gasteiger partial charge in [0.2, 0.25) is 0 Å². The Morgan fingerprint density at radius 2 is 1.94 bits per heavy atom. The number of hydrogen-bond donors (Lipinski definition) is 1. The lowest BCUT2D eigenvalue weighted by Crippen LogP contribution is -2.62. The molecule has 35 heavy (non-hydrogen) atoms. The lowest BCUT2D eigenvalue weighted by Gasteiger charge is -2.63. The summed E-state index contributed by atoms with van der Waals surface area (Å²) < 4.78 is 19.2. The molecule has 5 nitrogen and oxygen atoms in total. The van der Waals surface area contributed by atoms with Crippen LogP contribution in [0.15, 0.2) is 30.4 Å². The Balaban J connectivity index is 1.29. The van der Waals surface area contributed by atoms with Crippen molar-refractivity contribution >= 4 is 5.97 Å². The van der Waals surface area contributed by atoms with Crippen molar-refractivity contribution in [2.24, 2.45) is 28.6 Å². The van der Waals surface area contributed by atoms with Crippen molar-refractivity contribution in [3.8, 4) is 5.75 Å². The minimum absolute atomic E-state index is 0.0135. The van der Waals surface area contributed by atoms with E-state index < -0.39 is 5.97 Å². The maximum Gasteiger partial charge on any atom is 0.339 e. The number of benzene rings is 1. The minimum Gasteiger partial charge on any atom is -0.493 e. The summed E-state index contributed by atoms with van der Waals surface area (Å²) in [5, 5.41) is 9.55. The Morgan fingerprint density at radius 1 is 1.17 bits per heavy atom. The van der Waals surface area contributed by atoms with E-state index in [4.69, 9.17) is 14.2 Å². The number of fused-ring (bicyclic) bond motifs is 3. The van der Waals surface area contributed by atoms with Gasteiger partial charge in [-0.2, -0.15) is 0 Å². The van der Waals surface area contributed by atoms with Gasteiger partial charge in [0.05, 0.1) is 19.3 Å². The Hall–Kier alpha value is -1.85. The van der Waals surface area contributed by atoms with E-state index in [1.54, 1.807) is 6.07 Å². The highest BCUT2D eigenvalue weighted by Crippen LogP contribution is 2.63. The highest BCUT2D eigenvalue weighted by atomic mass is 16.7. The summed E-state index contributed by atoms with van der Waals surface area (Å²) in [5.41, 5.74) is 2.69. The molecule has 4 fully saturated rings. The van der Waals surface area contributed by atoms with E-state index in [0.717, 1.165) is 44.3 Å². The second-order valence-electron chi connectivity index (χ2n) is 12.1. The zero-order valence-corrected chi connectivity index (χ0v) is 21.7. The van der Waals surface area contributed by atoms with Gasteiger partial charge < -0.3 is 19.3 Å². The molecule has 0 spiro atoms. The number of allylic oxidation sites excluding steroid dienone is 1. The summed E-state index contributed by atoms with van der Waals surface area (Å²) in [6.45, 7) is 12.6. The number of carboxylic acid groups (broad SMARTS) is 1. The minimum atomic E-state index is -0.950. The van der Waals surface area contributed by atoms with Gasteiger partial charge >= 0.3 is 5.97 Å². The molecule has 6 atom stereocenters. The van der Waals surface area contributed by atoms with Crippen LogP contribution >= 0.6 is 0 Å². The standard InChI is InChI=1S/C30H42O5/c1-19-9-11-22(27(31)32)24(17-19)33-16-14-23-20(2)10-12-25-29(23,3)15-13-26-30(25,4)18-34-28(35-26)21-7-5-6-8-21/h9,11,17,21,23,25-26,28H,2,5-8,10,12-16,18H2,1,3-4H3,(H,31,32)/t23-,25?,26-,28?,29+,30+/m1/s1. The second kappa shape index (κ2) is 9.55. The van der Waals surface area contributed by atoms with Gasteiger partial charge in [-0.15, -0.1) is 0 Å². The third-order valence-corrected chi connectivity index (χ3v) is 9.99. The number of carboxylic acids is 1. The van der Waals surface area contributed by atoms with E-state index in [1.807, 2.05) is 19.1 Å². The van der Waals surface area contributed by atoms with Crippen LogP contribution in [-0.2, 0) is 9.47 Å². The number of aromatic carboxylic acids is 1. The fourth-order valence-corrected chi connectivity index (χ4v) is 8.07. The molecule has 0 amide bonds. The van der Waals surface area contributed by atoms with Gasteiger partial charge in [-0.05, 0) is 86.8 Å². The smallest absolute Gasteiger partial charge is 0.339 e. The monoisotopic (exact) mass is 482 g/mol. The van der Waals surface area contributed by atoms with Crippen molar-refractivity contribution in [3.05, 3.63) is 41.5 Å². The van der Waals surface area contributed by atoms with E-state index in [9.17, 15) is 9.90 Å². The molecule has 1 heterocycles. The summed E-state index contributed by atoms with van der Waals surface area (Å²) in [4.78, 5) is 11.6.